The molecule has 1 atom stereocenters. The summed E-state index contributed by atoms with van der Waals surface area (Å²) in [5.74, 6) is 0.0670. The number of para-hydroxylation sites is 1. The zero-order valence-electron chi connectivity index (χ0n) is 16.9. The van der Waals surface area contributed by atoms with Crippen molar-refractivity contribution in [1.82, 2.24) is 5.09 Å². The van der Waals surface area contributed by atoms with Crippen LogP contribution in [0.5, 0.6) is 11.5 Å². The van der Waals surface area contributed by atoms with E-state index in [4.69, 9.17) is 19.0 Å². The number of ether oxygens (including phenoxy) is 1. The number of anilines is 1. The van der Waals surface area contributed by atoms with E-state index in [1.54, 1.807) is 30.3 Å². The highest BCUT2D eigenvalue weighted by Gasteiger charge is 2.29. The minimum atomic E-state index is -4.02. The number of hydrogen-bond acceptors (Lipinski definition) is 8. The molecule has 0 saturated carbocycles. The van der Waals surface area contributed by atoms with E-state index in [0.29, 0.717) is 0 Å². The molecule has 0 aromatic heterocycles. The summed E-state index contributed by atoms with van der Waals surface area (Å²) in [4.78, 5) is 12.1. The molecule has 0 unspecified atom stereocenters. The normalized spacial score (nSPS) is 12.8. The zero-order chi connectivity index (χ0) is 22.0. The average molecular weight is 437 g/mol. The van der Waals surface area contributed by atoms with E-state index in [9.17, 15) is 14.6 Å². The summed E-state index contributed by atoms with van der Waals surface area (Å²) in [5.41, 5.74) is -0.0286. The Hall–Kier alpha value is -2.58. The van der Waals surface area contributed by atoms with Gasteiger partial charge in [-0.15, -0.1) is 0 Å². The van der Waals surface area contributed by atoms with Gasteiger partial charge >= 0.3 is 13.7 Å². The van der Waals surface area contributed by atoms with Gasteiger partial charge in [-0.25, -0.2) is 4.57 Å². The van der Waals surface area contributed by atoms with Crippen LogP contribution < -0.4 is 19.4 Å². The van der Waals surface area contributed by atoms with E-state index in [-0.39, 0.29) is 41.5 Å². The molecule has 2 aromatic carbocycles. The van der Waals surface area contributed by atoms with Gasteiger partial charge in [0.05, 0.1) is 12.3 Å². The van der Waals surface area contributed by atoms with Crippen molar-refractivity contribution in [3.05, 3.63) is 59.8 Å². The summed E-state index contributed by atoms with van der Waals surface area (Å²) in [7, 11) is -4.02. The number of esters is 1. The first-order valence-electron chi connectivity index (χ1n) is 9.56. The maximum Gasteiger partial charge on any atom is 0.513 e. The lowest BCUT2D eigenvalue weighted by Crippen LogP contribution is -2.27. The molecule has 164 valence electrons. The molecule has 0 fully saturated rings. The standard InChI is InChI=1S/C20H26N2O7P/c1-3-16(4-2)15-27-20(23)14-21-30(26,28-18-8-6-5-7-9-18)29-19-12-10-17(11-13-19)22(24)25/h5-13,16,24H,3-4,14-15H2,1-2H3,(H,21,26)/q-1/t30-/m0/s1. The summed E-state index contributed by atoms with van der Waals surface area (Å²) < 4.78 is 29.4. The number of carbonyl (C=O) groups is 1. The van der Waals surface area contributed by atoms with Crippen molar-refractivity contribution >= 4 is 19.4 Å². The Kier molecular flexibility index (Phi) is 9.14. The van der Waals surface area contributed by atoms with Gasteiger partial charge in [0.15, 0.2) is 0 Å². The smallest absolute Gasteiger partial charge is 0.513 e. The number of hydrogen-bond donors (Lipinski definition) is 2. The lowest BCUT2D eigenvalue weighted by molar-refractivity contribution is -0.143. The summed E-state index contributed by atoms with van der Waals surface area (Å²) in [5, 5.41) is 22.0. The summed E-state index contributed by atoms with van der Waals surface area (Å²) >= 11 is 0. The molecule has 0 heterocycles. The van der Waals surface area contributed by atoms with Gasteiger partial charge in [-0.1, -0.05) is 44.9 Å². The zero-order valence-corrected chi connectivity index (χ0v) is 17.8. The topological polar surface area (TPSA) is 120 Å². The van der Waals surface area contributed by atoms with Gasteiger partial charge in [0.25, 0.3) is 0 Å². The Morgan fingerprint density at radius 2 is 1.63 bits per heavy atom. The number of nitrogens with one attached hydrogen (secondary N) is 1. The van der Waals surface area contributed by atoms with Gasteiger partial charge in [0.1, 0.15) is 18.0 Å². The number of rotatable bonds is 12. The van der Waals surface area contributed by atoms with Crippen LogP contribution in [0.4, 0.5) is 5.69 Å². The Balaban J connectivity index is 2.07. The van der Waals surface area contributed by atoms with Crippen molar-refractivity contribution in [2.24, 2.45) is 5.92 Å². The second-order valence-electron chi connectivity index (χ2n) is 6.46. The first kappa shape index (κ1) is 23.7. The highest BCUT2D eigenvalue weighted by molar-refractivity contribution is 7.52. The maximum atomic E-state index is 13.2. The fourth-order valence-electron chi connectivity index (χ4n) is 2.42. The SMILES string of the molecule is CCC(CC)COC(=O)CN[P@](=O)(Oc1ccccc1)Oc1ccc(N([O-])O)cc1. The third-order valence-corrected chi connectivity index (χ3v) is 5.75. The predicted molar refractivity (Wildman–Crippen MR) is 112 cm³/mol. The minimum absolute atomic E-state index is 0.0286. The largest absolute Gasteiger partial charge is 0.733 e. The van der Waals surface area contributed by atoms with Crippen molar-refractivity contribution in [3.63, 3.8) is 0 Å². The quantitative estimate of drug-likeness (QED) is 0.280. The third kappa shape index (κ3) is 7.68. The fourth-order valence-corrected chi connectivity index (χ4v) is 3.71. The van der Waals surface area contributed by atoms with Crippen LogP contribution in [0.25, 0.3) is 0 Å². The van der Waals surface area contributed by atoms with Crippen LogP contribution in [0.2, 0.25) is 0 Å². The molecule has 30 heavy (non-hydrogen) atoms. The summed E-state index contributed by atoms with van der Waals surface area (Å²) in [6.45, 7) is 3.94. The molecule has 2 rings (SSSR count). The summed E-state index contributed by atoms with van der Waals surface area (Å²) in [6, 6.07) is 13.6. The van der Waals surface area contributed by atoms with Crippen LogP contribution in [0.15, 0.2) is 54.6 Å². The van der Waals surface area contributed by atoms with E-state index >= 15 is 0 Å². The maximum absolute atomic E-state index is 13.2. The Morgan fingerprint density at radius 1 is 1.07 bits per heavy atom. The van der Waals surface area contributed by atoms with Crippen molar-refractivity contribution in [2.45, 2.75) is 26.7 Å². The van der Waals surface area contributed by atoms with E-state index < -0.39 is 13.7 Å². The molecule has 0 aliphatic carbocycles. The van der Waals surface area contributed by atoms with Gasteiger partial charge in [-0.05, 0) is 42.3 Å². The van der Waals surface area contributed by atoms with Crippen LogP contribution in [0.1, 0.15) is 26.7 Å². The Bertz CT molecular complexity index is 827. The molecule has 0 saturated heterocycles. The molecule has 0 amide bonds. The van der Waals surface area contributed by atoms with Crippen molar-refractivity contribution in [1.29, 1.82) is 0 Å². The number of carbonyl (C=O) groups excluding carboxylic acids is 1. The van der Waals surface area contributed by atoms with E-state index in [1.165, 1.54) is 24.3 Å². The lowest BCUT2D eigenvalue weighted by Gasteiger charge is -2.23. The van der Waals surface area contributed by atoms with E-state index in [2.05, 4.69) is 5.09 Å². The molecular formula is C20H26N2O7P-. The highest BCUT2D eigenvalue weighted by atomic mass is 31.2. The van der Waals surface area contributed by atoms with Crippen LogP contribution >= 0.6 is 7.75 Å². The second-order valence-corrected chi connectivity index (χ2v) is 8.14. The molecule has 2 aromatic rings. The van der Waals surface area contributed by atoms with Crippen LogP contribution in [-0.2, 0) is 14.1 Å². The highest BCUT2D eigenvalue weighted by Crippen LogP contribution is 2.44. The minimum Gasteiger partial charge on any atom is -0.733 e. The number of benzene rings is 2. The lowest BCUT2D eigenvalue weighted by atomic mass is 10.1. The molecule has 10 heteroatoms. The van der Waals surface area contributed by atoms with Gasteiger partial charge in [-0.3, -0.25) is 10.0 Å². The first-order valence-corrected chi connectivity index (χ1v) is 11.1. The Morgan fingerprint density at radius 3 is 2.17 bits per heavy atom. The van der Waals surface area contributed by atoms with Crippen molar-refractivity contribution in [3.8, 4) is 11.5 Å². The number of nitrogens with zero attached hydrogens (tertiary/aromatic N) is 1. The molecule has 0 aliphatic heterocycles. The monoisotopic (exact) mass is 437 g/mol. The second kappa shape index (κ2) is 11.6. The third-order valence-electron chi connectivity index (χ3n) is 4.30. The Labute approximate surface area is 175 Å². The molecule has 0 radical (unpaired) electrons. The molecule has 0 bridgehead atoms. The van der Waals surface area contributed by atoms with Crippen LogP contribution in [0.3, 0.4) is 0 Å². The molecule has 0 spiro atoms. The van der Waals surface area contributed by atoms with Gasteiger partial charge in [-0.2, -0.15) is 5.09 Å². The fraction of sp³-hybridized carbons (Fsp3) is 0.350. The van der Waals surface area contributed by atoms with E-state index in [0.717, 1.165) is 12.8 Å². The van der Waals surface area contributed by atoms with E-state index in [1.807, 2.05) is 13.8 Å². The molecule has 9 nitrogen and oxygen atoms in total. The van der Waals surface area contributed by atoms with Crippen molar-refractivity contribution < 1.29 is 28.4 Å². The van der Waals surface area contributed by atoms with Gasteiger partial charge in [0.2, 0.25) is 0 Å². The summed E-state index contributed by atoms with van der Waals surface area (Å²) in [6.07, 6.45) is 1.78. The first-order chi connectivity index (χ1) is 14.3. The van der Waals surface area contributed by atoms with Crippen molar-refractivity contribution in [2.75, 3.05) is 18.4 Å². The molecule has 0 aliphatic rings. The predicted octanol–water partition coefficient (Wildman–Crippen LogP) is 4.51. The van der Waals surface area contributed by atoms with Gasteiger partial charge < -0.3 is 24.2 Å². The average Bonchev–Trinajstić information content (AvgIpc) is 2.74. The molecular weight excluding hydrogens is 411 g/mol. The van der Waals surface area contributed by atoms with Gasteiger partial charge in [0, 0.05) is 0 Å². The van der Waals surface area contributed by atoms with Crippen LogP contribution in [0, 0.1) is 11.1 Å². The van der Waals surface area contributed by atoms with Crippen LogP contribution in [-0.4, -0.2) is 24.3 Å². The molecule has 2 N–H and O–H groups in total.